The van der Waals surface area contributed by atoms with Gasteiger partial charge in [-0.05, 0) is 24.3 Å². The lowest BCUT2D eigenvalue weighted by atomic mass is 10.1. The van der Waals surface area contributed by atoms with E-state index in [1.807, 2.05) is 12.1 Å². The molecule has 0 spiro atoms. The zero-order chi connectivity index (χ0) is 13.8. The second kappa shape index (κ2) is 5.79. The molecule has 102 valence electrons. The fourth-order valence-electron chi connectivity index (χ4n) is 2.34. The zero-order valence-electron chi connectivity index (χ0n) is 11.1. The lowest BCUT2D eigenvalue weighted by molar-refractivity contribution is 0.103. The third-order valence-corrected chi connectivity index (χ3v) is 3.35. The Morgan fingerprint density at radius 3 is 2.60 bits per heavy atom. The first kappa shape index (κ1) is 12.7. The molecule has 0 bridgehead atoms. The molecule has 1 saturated heterocycles. The number of anilines is 1. The van der Waals surface area contributed by atoms with E-state index in [4.69, 9.17) is 0 Å². The first-order valence-electron chi connectivity index (χ1n) is 6.72. The van der Waals surface area contributed by atoms with Gasteiger partial charge in [-0.2, -0.15) is 0 Å². The number of aromatic nitrogens is 2. The van der Waals surface area contributed by atoms with Crippen molar-refractivity contribution in [2.75, 3.05) is 31.1 Å². The van der Waals surface area contributed by atoms with Crippen molar-refractivity contribution in [2.45, 2.75) is 0 Å². The lowest BCUT2D eigenvalue weighted by Gasteiger charge is -2.29. The Balaban J connectivity index is 1.95. The average Bonchev–Trinajstić information content (AvgIpc) is 2.56. The molecule has 0 saturated carbocycles. The van der Waals surface area contributed by atoms with Gasteiger partial charge in [-0.25, -0.2) is 4.98 Å². The van der Waals surface area contributed by atoms with Crippen LogP contribution in [0.1, 0.15) is 16.1 Å². The minimum absolute atomic E-state index is 0.0766. The molecule has 3 rings (SSSR count). The molecule has 1 aliphatic rings. The summed E-state index contributed by atoms with van der Waals surface area (Å²) < 4.78 is 0. The number of pyridine rings is 2. The highest BCUT2D eigenvalue weighted by molar-refractivity contribution is 6.10. The van der Waals surface area contributed by atoms with E-state index >= 15 is 0 Å². The summed E-state index contributed by atoms with van der Waals surface area (Å²) >= 11 is 0. The summed E-state index contributed by atoms with van der Waals surface area (Å²) in [4.78, 5) is 23.2. The molecule has 3 heterocycles. The van der Waals surface area contributed by atoms with Crippen LogP contribution in [0, 0.1) is 0 Å². The summed E-state index contributed by atoms with van der Waals surface area (Å²) in [5, 5.41) is 3.30. The predicted molar refractivity (Wildman–Crippen MR) is 77.0 cm³/mol. The number of ketones is 1. The topological polar surface area (TPSA) is 58.1 Å². The van der Waals surface area contributed by atoms with E-state index in [2.05, 4.69) is 20.2 Å². The molecule has 1 aliphatic heterocycles. The second-order valence-electron chi connectivity index (χ2n) is 4.66. The number of rotatable bonds is 3. The fourth-order valence-corrected chi connectivity index (χ4v) is 2.34. The number of nitrogens with zero attached hydrogens (tertiary/aromatic N) is 3. The SMILES string of the molecule is O=C(c1ccccn1)c1cccnc1N1CCNCC1. The van der Waals surface area contributed by atoms with Crippen molar-refractivity contribution in [3.8, 4) is 0 Å². The summed E-state index contributed by atoms with van der Waals surface area (Å²) in [6, 6.07) is 8.97. The molecule has 20 heavy (non-hydrogen) atoms. The molecule has 0 radical (unpaired) electrons. The maximum atomic E-state index is 12.6. The van der Waals surface area contributed by atoms with Crippen LogP contribution < -0.4 is 10.2 Å². The monoisotopic (exact) mass is 268 g/mol. The number of carbonyl (C=O) groups is 1. The molecule has 5 nitrogen and oxygen atoms in total. The van der Waals surface area contributed by atoms with Crippen molar-refractivity contribution in [3.05, 3.63) is 54.0 Å². The predicted octanol–water partition coefficient (Wildman–Crippen LogP) is 1.12. The van der Waals surface area contributed by atoms with Crippen LogP contribution in [-0.2, 0) is 0 Å². The van der Waals surface area contributed by atoms with Crippen LogP contribution >= 0.6 is 0 Å². The van der Waals surface area contributed by atoms with Crippen molar-refractivity contribution in [1.82, 2.24) is 15.3 Å². The van der Waals surface area contributed by atoms with Crippen molar-refractivity contribution in [3.63, 3.8) is 0 Å². The molecule has 1 N–H and O–H groups in total. The van der Waals surface area contributed by atoms with Crippen LogP contribution in [0.2, 0.25) is 0 Å². The first-order valence-corrected chi connectivity index (χ1v) is 6.72. The molecule has 2 aromatic heterocycles. The van der Waals surface area contributed by atoms with Crippen LogP contribution in [0.25, 0.3) is 0 Å². The van der Waals surface area contributed by atoms with Gasteiger partial charge in [-0.1, -0.05) is 6.07 Å². The van der Waals surface area contributed by atoms with Gasteiger partial charge in [-0.15, -0.1) is 0 Å². The maximum absolute atomic E-state index is 12.6. The maximum Gasteiger partial charge on any atom is 0.215 e. The highest BCUT2D eigenvalue weighted by Gasteiger charge is 2.20. The second-order valence-corrected chi connectivity index (χ2v) is 4.66. The number of hydrogen-bond donors (Lipinski definition) is 1. The summed E-state index contributed by atoms with van der Waals surface area (Å²) in [6.45, 7) is 3.54. The molecular weight excluding hydrogens is 252 g/mol. The largest absolute Gasteiger partial charge is 0.353 e. The first-order chi connectivity index (χ1) is 9.86. The molecule has 0 atom stereocenters. The Bertz CT molecular complexity index is 594. The molecule has 1 fully saturated rings. The summed E-state index contributed by atoms with van der Waals surface area (Å²) in [7, 11) is 0. The third-order valence-electron chi connectivity index (χ3n) is 3.35. The van der Waals surface area contributed by atoms with E-state index in [-0.39, 0.29) is 5.78 Å². The molecule has 0 amide bonds. The van der Waals surface area contributed by atoms with Gasteiger partial charge in [0.15, 0.2) is 0 Å². The molecule has 0 aliphatic carbocycles. The minimum atomic E-state index is -0.0766. The van der Waals surface area contributed by atoms with E-state index in [1.54, 1.807) is 30.6 Å². The van der Waals surface area contributed by atoms with Gasteiger partial charge in [0.1, 0.15) is 11.5 Å². The Morgan fingerprint density at radius 1 is 1.05 bits per heavy atom. The average molecular weight is 268 g/mol. The summed E-state index contributed by atoms with van der Waals surface area (Å²) in [6.07, 6.45) is 3.36. The quantitative estimate of drug-likeness (QED) is 0.845. The Labute approximate surface area is 117 Å². The van der Waals surface area contributed by atoms with Gasteiger partial charge in [0.2, 0.25) is 5.78 Å². The van der Waals surface area contributed by atoms with Gasteiger partial charge in [0, 0.05) is 38.6 Å². The van der Waals surface area contributed by atoms with Gasteiger partial charge < -0.3 is 10.2 Å². The van der Waals surface area contributed by atoms with E-state index in [1.165, 1.54) is 0 Å². The van der Waals surface area contributed by atoms with Gasteiger partial charge in [0.05, 0.1) is 5.56 Å². The Kier molecular flexibility index (Phi) is 3.69. The fraction of sp³-hybridized carbons (Fsp3) is 0.267. The van der Waals surface area contributed by atoms with E-state index in [0.717, 1.165) is 32.0 Å². The van der Waals surface area contributed by atoms with Crippen molar-refractivity contribution < 1.29 is 4.79 Å². The molecule has 5 heteroatoms. The van der Waals surface area contributed by atoms with Gasteiger partial charge >= 0.3 is 0 Å². The van der Waals surface area contributed by atoms with Crippen LogP contribution in [0.15, 0.2) is 42.7 Å². The molecule has 0 aromatic carbocycles. The minimum Gasteiger partial charge on any atom is -0.353 e. The Hall–Kier alpha value is -2.27. The van der Waals surface area contributed by atoms with Crippen molar-refractivity contribution in [1.29, 1.82) is 0 Å². The normalized spacial score (nSPS) is 15.1. The number of nitrogens with one attached hydrogen (secondary N) is 1. The number of hydrogen-bond acceptors (Lipinski definition) is 5. The molecule has 0 unspecified atom stereocenters. The number of carbonyl (C=O) groups excluding carboxylic acids is 1. The van der Waals surface area contributed by atoms with Crippen molar-refractivity contribution in [2.24, 2.45) is 0 Å². The van der Waals surface area contributed by atoms with Crippen LogP contribution in [0.5, 0.6) is 0 Å². The Morgan fingerprint density at radius 2 is 1.85 bits per heavy atom. The highest BCUT2D eigenvalue weighted by atomic mass is 16.1. The zero-order valence-corrected chi connectivity index (χ0v) is 11.1. The summed E-state index contributed by atoms with van der Waals surface area (Å²) in [5.74, 6) is 0.678. The lowest BCUT2D eigenvalue weighted by Crippen LogP contribution is -2.44. The smallest absolute Gasteiger partial charge is 0.215 e. The number of piperazine rings is 1. The molecule has 2 aromatic rings. The third kappa shape index (κ3) is 2.53. The van der Waals surface area contributed by atoms with Gasteiger partial charge in [-0.3, -0.25) is 9.78 Å². The highest BCUT2D eigenvalue weighted by Crippen LogP contribution is 2.20. The van der Waals surface area contributed by atoms with Crippen LogP contribution in [-0.4, -0.2) is 41.9 Å². The standard InChI is InChI=1S/C15H16N4O/c20-14(13-5-1-2-6-17-13)12-4-3-7-18-15(12)19-10-8-16-9-11-19/h1-7,16H,8-11H2. The van der Waals surface area contributed by atoms with E-state index in [9.17, 15) is 4.79 Å². The molecular formula is C15H16N4O. The van der Waals surface area contributed by atoms with Crippen molar-refractivity contribution >= 4 is 11.6 Å². The van der Waals surface area contributed by atoms with Crippen LogP contribution in [0.3, 0.4) is 0 Å². The van der Waals surface area contributed by atoms with E-state index in [0.29, 0.717) is 11.3 Å². The summed E-state index contributed by atoms with van der Waals surface area (Å²) in [5.41, 5.74) is 1.07. The van der Waals surface area contributed by atoms with Gasteiger partial charge in [0.25, 0.3) is 0 Å². The van der Waals surface area contributed by atoms with E-state index < -0.39 is 0 Å². The van der Waals surface area contributed by atoms with Crippen LogP contribution in [0.4, 0.5) is 5.82 Å².